The Kier molecular flexibility index (Phi) is 5.34. The van der Waals surface area contributed by atoms with Gasteiger partial charge in [-0.25, -0.2) is 0 Å². The zero-order valence-electron chi connectivity index (χ0n) is 10.6. The van der Waals surface area contributed by atoms with E-state index in [-0.39, 0.29) is 6.61 Å². The Hall–Kier alpha value is -1.41. The van der Waals surface area contributed by atoms with Gasteiger partial charge in [-0.1, -0.05) is 11.8 Å². The lowest BCUT2D eigenvalue weighted by Crippen LogP contribution is -1.92. The largest absolute Gasteiger partial charge is 0.488 e. The van der Waals surface area contributed by atoms with E-state index < -0.39 is 0 Å². The number of thioether (sulfide) groups is 1. The van der Waals surface area contributed by atoms with E-state index in [9.17, 15) is 0 Å². The van der Waals surface area contributed by atoms with E-state index in [4.69, 9.17) is 9.84 Å². The fraction of sp³-hybridized carbons (Fsp3) is 0.200. The molecule has 1 aromatic heterocycles. The molecule has 0 atom stereocenters. The molecule has 1 N–H and O–H groups in total. The molecule has 0 bridgehead atoms. The molecule has 1 aromatic carbocycles. The van der Waals surface area contributed by atoms with Crippen molar-refractivity contribution in [2.45, 2.75) is 11.5 Å². The van der Waals surface area contributed by atoms with Gasteiger partial charge in [-0.2, -0.15) is 0 Å². The van der Waals surface area contributed by atoms with Gasteiger partial charge in [-0.3, -0.25) is 0 Å². The van der Waals surface area contributed by atoms with E-state index >= 15 is 0 Å². The van der Waals surface area contributed by atoms with Crippen molar-refractivity contribution in [3.05, 3.63) is 46.2 Å². The molecule has 4 heteroatoms. The van der Waals surface area contributed by atoms with Crippen LogP contribution in [-0.2, 0) is 6.61 Å². The monoisotopic (exact) mass is 290 g/mol. The molecule has 0 fully saturated rings. The Balaban J connectivity index is 1.92. The zero-order valence-corrected chi connectivity index (χ0v) is 12.2. The van der Waals surface area contributed by atoms with Crippen molar-refractivity contribution >= 4 is 23.1 Å². The summed E-state index contributed by atoms with van der Waals surface area (Å²) in [6, 6.07) is 10.0. The van der Waals surface area contributed by atoms with Gasteiger partial charge < -0.3 is 9.84 Å². The van der Waals surface area contributed by atoms with Crippen molar-refractivity contribution in [2.24, 2.45) is 0 Å². The third kappa shape index (κ3) is 4.32. The number of rotatable bonds is 4. The number of hydrogen-bond donors (Lipinski definition) is 1. The number of aliphatic hydroxyl groups is 1. The Morgan fingerprint density at radius 3 is 2.79 bits per heavy atom. The molecule has 98 valence electrons. The topological polar surface area (TPSA) is 29.5 Å². The van der Waals surface area contributed by atoms with Gasteiger partial charge in [0.2, 0.25) is 0 Å². The predicted octanol–water partition coefficient (Wildman–Crippen LogP) is 3.39. The molecule has 0 aliphatic carbocycles. The lowest BCUT2D eigenvalue weighted by atomic mass is 10.3. The van der Waals surface area contributed by atoms with Crippen LogP contribution in [0.5, 0.6) is 5.75 Å². The minimum atomic E-state index is -0.108. The molecule has 0 radical (unpaired) electrons. The summed E-state index contributed by atoms with van der Waals surface area (Å²) in [7, 11) is 0. The van der Waals surface area contributed by atoms with Gasteiger partial charge in [0.1, 0.15) is 19.0 Å². The molecule has 2 aromatic rings. The molecular weight excluding hydrogens is 276 g/mol. The first-order valence-electron chi connectivity index (χ1n) is 5.76. The minimum absolute atomic E-state index is 0.108. The molecule has 0 amide bonds. The van der Waals surface area contributed by atoms with Crippen LogP contribution in [-0.4, -0.2) is 18.0 Å². The van der Waals surface area contributed by atoms with Crippen LogP contribution in [0.4, 0.5) is 0 Å². The normalized spacial score (nSPS) is 9.79. The summed E-state index contributed by atoms with van der Waals surface area (Å²) in [4.78, 5) is 2.35. The average molecular weight is 290 g/mol. The summed E-state index contributed by atoms with van der Waals surface area (Å²) in [5, 5.41) is 10.6. The second-order valence-electron chi connectivity index (χ2n) is 3.73. The van der Waals surface area contributed by atoms with Crippen LogP contribution in [0.2, 0.25) is 0 Å². The molecule has 0 saturated carbocycles. The number of thiophene rings is 1. The minimum Gasteiger partial charge on any atom is -0.488 e. The second kappa shape index (κ2) is 7.25. The van der Waals surface area contributed by atoms with E-state index in [1.165, 1.54) is 4.90 Å². The van der Waals surface area contributed by atoms with Gasteiger partial charge in [0.25, 0.3) is 0 Å². The first-order chi connectivity index (χ1) is 9.31. The van der Waals surface area contributed by atoms with Crippen molar-refractivity contribution in [1.29, 1.82) is 0 Å². The van der Waals surface area contributed by atoms with Crippen LogP contribution in [0.15, 0.2) is 40.6 Å². The maximum atomic E-state index is 8.63. The van der Waals surface area contributed by atoms with Crippen molar-refractivity contribution in [1.82, 2.24) is 0 Å². The highest BCUT2D eigenvalue weighted by molar-refractivity contribution is 7.98. The molecule has 2 rings (SSSR count). The van der Waals surface area contributed by atoms with Gasteiger partial charge in [0.05, 0.1) is 0 Å². The molecule has 2 nitrogen and oxygen atoms in total. The molecule has 1 heterocycles. The van der Waals surface area contributed by atoms with Gasteiger partial charge in [0, 0.05) is 20.7 Å². The van der Waals surface area contributed by atoms with Crippen LogP contribution in [0.3, 0.4) is 0 Å². The van der Waals surface area contributed by atoms with Gasteiger partial charge in [-0.15, -0.1) is 23.1 Å². The molecule has 0 unspecified atom stereocenters. The third-order valence-electron chi connectivity index (χ3n) is 2.41. The quantitative estimate of drug-likeness (QED) is 0.691. The van der Waals surface area contributed by atoms with E-state index in [0.29, 0.717) is 6.61 Å². The van der Waals surface area contributed by atoms with E-state index in [1.807, 2.05) is 35.7 Å². The Morgan fingerprint density at radius 1 is 1.32 bits per heavy atom. The van der Waals surface area contributed by atoms with Crippen LogP contribution in [0.25, 0.3) is 0 Å². The smallest absolute Gasteiger partial charge is 0.122 e. The molecule has 0 aliphatic heterocycles. The first-order valence-corrected chi connectivity index (χ1v) is 7.86. The van der Waals surface area contributed by atoms with E-state index in [0.717, 1.165) is 16.2 Å². The standard InChI is InChI=1S/C15H14O2S2/c1-18-14-6-4-13(5-7-14)17-10-15-9-12(11-19-15)3-2-8-16/h4-7,9,11,16H,8,10H2,1H3. The van der Waals surface area contributed by atoms with Gasteiger partial charge in [-0.05, 0) is 36.6 Å². The summed E-state index contributed by atoms with van der Waals surface area (Å²) in [5.74, 6) is 6.38. The Morgan fingerprint density at radius 2 is 2.11 bits per heavy atom. The van der Waals surface area contributed by atoms with Gasteiger partial charge in [0.15, 0.2) is 0 Å². The van der Waals surface area contributed by atoms with E-state index in [2.05, 4.69) is 18.1 Å². The van der Waals surface area contributed by atoms with Crippen molar-refractivity contribution in [3.8, 4) is 17.6 Å². The number of aliphatic hydroxyl groups excluding tert-OH is 1. The van der Waals surface area contributed by atoms with Gasteiger partial charge >= 0.3 is 0 Å². The van der Waals surface area contributed by atoms with Crippen molar-refractivity contribution in [2.75, 3.05) is 12.9 Å². The maximum absolute atomic E-state index is 8.63. The molecule has 0 saturated heterocycles. The van der Waals surface area contributed by atoms with Crippen molar-refractivity contribution in [3.63, 3.8) is 0 Å². The number of hydrogen-bond acceptors (Lipinski definition) is 4. The van der Waals surface area contributed by atoms with Crippen LogP contribution < -0.4 is 4.74 Å². The first kappa shape index (κ1) is 14.0. The second-order valence-corrected chi connectivity index (χ2v) is 5.60. The van der Waals surface area contributed by atoms with Crippen molar-refractivity contribution < 1.29 is 9.84 Å². The van der Waals surface area contributed by atoms with Crippen LogP contribution >= 0.6 is 23.1 Å². The fourth-order valence-corrected chi connectivity index (χ4v) is 2.63. The molecule has 19 heavy (non-hydrogen) atoms. The third-order valence-corrected chi connectivity index (χ3v) is 4.06. The highest BCUT2D eigenvalue weighted by Crippen LogP contribution is 2.21. The summed E-state index contributed by atoms with van der Waals surface area (Å²) >= 11 is 3.33. The highest BCUT2D eigenvalue weighted by Gasteiger charge is 2.00. The number of benzene rings is 1. The summed E-state index contributed by atoms with van der Waals surface area (Å²) in [5.41, 5.74) is 0.926. The maximum Gasteiger partial charge on any atom is 0.122 e. The SMILES string of the molecule is CSc1ccc(OCc2cc(C#CCO)cs2)cc1. The van der Waals surface area contributed by atoms with E-state index in [1.54, 1.807) is 23.1 Å². The fourth-order valence-electron chi connectivity index (χ4n) is 1.49. The Labute approximate surface area is 121 Å². The molecule has 0 aliphatic rings. The summed E-state index contributed by atoms with van der Waals surface area (Å²) < 4.78 is 5.71. The number of ether oxygens (including phenoxy) is 1. The lowest BCUT2D eigenvalue weighted by molar-refractivity contribution is 0.309. The predicted molar refractivity (Wildman–Crippen MR) is 80.8 cm³/mol. The Bertz CT molecular complexity index is 576. The highest BCUT2D eigenvalue weighted by atomic mass is 32.2. The molecule has 0 spiro atoms. The summed E-state index contributed by atoms with van der Waals surface area (Å²) in [6.07, 6.45) is 2.05. The average Bonchev–Trinajstić information content (AvgIpc) is 2.91. The zero-order chi connectivity index (χ0) is 13.5. The lowest BCUT2D eigenvalue weighted by Gasteiger charge is -2.04. The van der Waals surface area contributed by atoms with Crippen LogP contribution in [0.1, 0.15) is 10.4 Å². The molecular formula is C15H14O2S2. The van der Waals surface area contributed by atoms with Crippen LogP contribution in [0, 0.1) is 11.8 Å². The summed E-state index contributed by atoms with van der Waals surface area (Å²) in [6.45, 7) is 0.438.